The van der Waals surface area contributed by atoms with Gasteiger partial charge < -0.3 is 0 Å². The maximum absolute atomic E-state index is 12.8. The molecule has 18 heavy (non-hydrogen) atoms. The first kappa shape index (κ1) is 11.1. The van der Waals surface area contributed by atoms with Crippen LogP contribution in [0, 0.1) is 0 Å². The Bertz CT molecular complexity index is 612. The Labute approximate surface area is 100 Å². The average molecular weight is 252 g/mol. The summed E-state index contributed by atoms with van der Waals surface area (Å²) < 4.78 is 26.8. The monoisotopic (exact) mass is 252 g/mol. The highest BCUT2D eigenvalue weighted by atomic mass is 19.3. The molecule has 2 aromatic heterocycles. The van der Waals surface area contributed by atoms with E-state index in [0.717, 1.165) is 10.2 Å². The second kappa shape index (κ2) is 3.72. The van der Waals surface area contributed by atoms with Crippen LogP contribution in [-0.4, -0.2) is 25.9 Å². The lowest BCUT2D eigenvalue weighted by molar-refractivity contribution is -0.107. The molecule has 1 aliphatic rings. The summed E-state index contributed by atoms with van der Waals surface area (Å²) in [6.07, 6.45) is 2.54. The van der Waals surface area contributed by atoms with Gasteiger partial charge in [0.2, 0.25) is 0 Å². The van der Waals surface area contributed by atoms with E-state index in [4.69, 9.17) is 0 Å². The highest BCUT2D eigenvalue weighted by Gasteiger charge is 2.47. The van der Waals surface area contributed by atoms with E-state index < -0.39 is 12.0 Å². The molecule has 1 fully saturated rings. The van der Waals surface area contributed by atoms with Crippen LogP contribution in [0.15, 0.2) is 29.3 Å². The molecule has 94 valence electrons. The van der Waals surface area contributed by atoms with Gasteiger partial charge in [-0.05, 0) is 6.07 Å². The van der Waals surface area contributed by atoms with Crippen LogP contribution in [0.3, 0.4) is 0 Å². The van der Waals surface area contributed by atoms with Gasteiger partial charge in [0.25, 0.3) is 11.5 Å². The van der Waals surface area contributed by atoms with E-state index in [9.17, 15) is 13.6 Å². The molecule has 7 heteroatoms. The zero-order valence-electron chi connectivity index (χ0n) is 9.31. The van der Waals surface area contributed by atoms with E-state index in [-0.39, 0.29) is 18.4 Å². The third-order valence-corrected chi connectivity index (χ3v) is 3.03. The van der Waals surface area contributed by atoms with Gasteiger partial charge in [-0.25, -0.2) is 13.5 Å². The standard InChI is InChI=1S/C11H10F2N4O/c12-11(13)3-8(4-11)17-10(18)2-1-9(16-17)7-5-14-15-6-7/h1-2,5-6,8H,3-4H2,(H,14,15). The van der Waals surface area contributed by atoms with Crippen molar-refractivity contribution < 1.29 is 8.78 Å². The number of rotatable bonds is 2. The second-order valence-electron chi connectivity index (χ2n) is 4.41. The molecule has 1 N–H and O–H groups in total. The number of hydrogen-bond acceptors (Lipinski definition) is 3. The summed E-state index contributed by atoms with van der Waals surface area (Å²) in [7, 11) is 0. The van der Waals surface area contributed by atoms with Gasteiger partial charge in [0, 0.05) is 30.7 Å². The van der Waals surface area contributed by atoms with Crippen molar-refractivity contribution in [3.05, 3.63) is 34.9 Å². The molecule has 0 amide bonds. The van der Waals surface area contributed by atoms with Crippen molar-refractivity contribution in [1.29, 1.82) is 0 Å². The summed E-state index contributed by atoms with van der Waals surface area (Å²) in [5.41, 5.74) is 0.899. The molecule has 0 spiro atoms. The van der Waals surface area contributed by atoms with Gasteiger partial charge in [0.1, 0.15) is 0 Å². The lowest BCUT2D eigenvalue weighted by Crippen LogP contribution is -2.42. The van der Waals surface area contributed by atoms with E-state index in [0.29, 0.717) is 5.69 Å². The molecule has 0 aliphatic heterocycles. The molecule has 0 atom stereocenters. The molecule has 3 rings (SSSR count). The second-order valence-corrected chi connectivity index (χ2v) is 4.41. The van der Waals surface area contributed by atoms with Crippen molar-refractivity contribution in [2.45, 2.75) is 24.8 Å². The maximum Gasteiger partial charge on any atom is 0.267 e. The lowest BCUT2D eigenvalue weighted by Gasteiger charge is -2.35. The molecule has 1 saturated carbocycles. The minimum atomic E-state index is -2.67. The van der Waals surface area contributed by atoms with Crippen LogP contribution < -0.4 is 5.56 Å². The summed E-state index contributed by atoms with van der Waals surface area (Å²) in [5.74, 6) is -2.67. The fourth-order valence-corrected chi connectivity index (χ4v) is 2.03. The third-order valence-electron chi connectivity index (χ3n) is 3.03. The number of halogens is 2. The first-order chi connectivity index (χ1) is 8.55. The zero-order valence-corrected chi connectivity index (χ0v) is 9.31. The van der Waals surface area contributed by atoms with E-state index in [1.165, 1.54) is 6.07 Å². The molecular weight excluding hydrogens is 242 g/mol. The van der Waals surface area contributed by atoms with Crippen LogP contribution in [-0.2, 0) is 0 Å². The van der Waals surface area contributed by atoms with Gasteiger partial charge in [-0.3, -0.25) is 9.89 Å². The molecule has 1 aliphatic carbocycles. The number of nitrogens with one attached hydrogen (secondary N) is 1. The van der Waals surface area contributed by atoms with E-state index in [1.807, 2.05) is 0 Å². The Hall–Kier alpha value is -2.05. The largest absolute Gasteiger partial charge is 0.285 e. The molecule has 0 aromatic carbocycles. The van der Waals surface area contributed by atoms with E-state index >= 15 is 0 Å². The van der Waals surface area contributed by atoms with Crippen LogP contribution in [0.2, 0.25) is 0 Å². The number of nitrogens with zero attached hydrogens (tertiary/aromatic N) is 3. The van der Waals surface area contributed by atoms with Crippen molar-refractivity contribution in [1.82, 2.24) is 20.0 Å². The predicted octanol–water partition coefficient (Wildman–Crippen LogP) is 1.60. The quantitative estimate of drug-likeness (QED) is 0.883. The van der Waals surface area contributed by atoms with Crippen LogP contribution in [0.25, 0.3) is 11.3 Å². The summed E-state index contributed by atoms with van der Waals surface area (Å²) >= 11 is 0. The Morgan fingerprint density at radius 2 is 2.17 bits per heavy atom. The predicted molar refractivity (Wildman–Crippen MR) is 59.3 cm³/mol. The maximum atomic E-state index is 12.8. The van der Waals surface area contributed by atoms with Crippen molar-refractivity contribution in [3.63, 3.8) is 0 Å². The van der Waals surface area contributed by atoms with Crippen LogP contribution >= 0.6 is 0 Å². The first-order valence-electron chi connectivity index (χ1n) is 5.52. The molecule has 2 aromatic rings. The minimum Gasteiger partial charge on any atom is -0.285 e. The summed E-state index contributed by atoms with van der Waals surface area (Å²) in [6.45, 7) is 0. The third kappa shape index (κ3) is 1.81. The number of aromatic nitrogens is 4. The molecule has 0 bridgehead atoms. The molecule has 2 heterocycles. The number of H-pyrrole nitrogens is 1. The fourth-order valence-electron chi connectivity index (χ4n) is 2.03. The van der Waals surface area contributed by atoms with E-state index in [2.05, 4.69) is 15.3 Å². The Morgan fingerprint density at radius 3 is 2.78 bits per heavy atom. The van der Waals surface area contributed by atoms with Crippen molar-refractivity contribution in [2.24, 2.45) is 0 Å². The molecule has 0 radical (unpaired) electrons. The van der Waals surface area contributed by atoms with Crippen molar-refractivity contribution in [3.8, 4) is 11.3 Å². The van der Waals surface area contributed by atoms with Crippen molar-refractivity contribution >= 4 is 0 Å². The molecule has 0 unspecified atom stereocenters. The van der Waals surface area contributed by atoms with Crippen LogP contribution in [0.1, 0.15) is 18.9 Å². The van der Waals surface area contributed by atoms with E-state index in [1.54, 1.807) is 18.5 Å². The fraction of sp³-hybridized carbons (Fsp3) is 0.364. The molecular formula is C11H10F2N4O. The smallest absolute Gasteiger partial charge is 0.267 e. The molecule has 5 nitrogen and oxygen atoms in total. The van der Waals surface area contributed by atoms with Gasteiger partial charge in [0.05, 0.1) is 17.9 Å². The zero-order chi connectivity index (χ0) is 12.8. The topological polar surface area (TPSA) is 63.6 Å². The summed E-state index contributed by atoms with van der Waals surface area (Å²) in [6, 6.07) is 2.38. The van der Waals surface area contributed by atoms with Gasteiger partial charge in [0.15, 0.2) is 0 Å². The summed E-state index contributed by atoms with van der Waals surface area (Å²) in [4.78, 5) is 11.6. The van der Waals surface area contributed by atoms with Gasteiger partial charge in [-0.1, -0.05) is 0 Å². The van der Waals surface area contributed by atoms with Crippen molar-refractivity contribution in [2.75, 3.05) is 0 Å². The molecule has 0 saturated heterocycles. The highest BCUT2D eigenvalue weighted by Crippen LogP contribution is 2.44. The van der Waals surface area contributed by atoms with Crippen LogP contribution in [0.5, 0.6) is 0 Å². The highest BCUT2D eigenvalue weighted by molar-refractivity contribution is 5.55. The first-order valence-corrected chi connectivity index (χ1v) is 5.52. The SMILES string of the molecule is O=c1ccc(-c2cn[nH]c2)nn1C1CC(F)(F)C1. The summed E-state index contributed by atoms with van der Waals surface area (Å²) in [5, 5.41) is 10.5. The Kier molecular flexibility index (Phi) is 2.29. The normalized spacial score (nSPS) is 18.6. The number of hydrogen-bond donors (Lipinski definition) is 1. The van der Waals surface area contributed by atoms with Gasteiger partial charge in [-0.15, -0.1) is 0 Å². The Balaban J connectivity index is 1.95. The Morgan fingerprint density at radius 1 is 1.39 bits per heavy atom. The lowest BCUT2D eigenvalue weighted by atomic mass is 9.88. The van der Waals surface area contributed by atoms with Gasteiger partial charge in [-0.2, -0.15) is 10.2 Å². The average Bonchev–Trinajstić information content (AvgIpc) is 2.80. The van der Waals surface area contributed by atoms with Crippen LogP contribution in [0.4, 0.5) is 8.78 Å². The number of aromatic amines is 1. The minimum absolute atomic E-state index is 0.325. The van der Waals surface area contributed by atoms with Gasteiger partial charge >= 0.3 is 0 Å². The number of alkyl halides is 2.